The largest absolute Gasteiger partial charge is 0.486 e. The molecule has 1 amide bonds. The number of hydrogen-bond acceptors (Lipinski definition) is 4. The molecule has 0 aromatic heterocycles. The summed E-state index contributed by atoms with van der Waals surface area (Å²) in [6, 6.07) is 2.90. The zero-order chi connectivity index (χ0) is 15.2. The lowest BCUT2D eigenvalue weighted by molar-refractivity contribution is -0.116. The Morgan fingerprint density at radius 1 is 1.19 bits per heavy atom. The van der Waals surface area contributed by atoms with Crippen molar-refractivity contribution in [3.05, 3.63) is 17.7 Å². The predicted molar refractivity (Wildman–Crippen MR) is 77.2 cm³/mol. The number of unbranched alkanes of at least 4 members (excludes halogenated alkanes) is 2. The van der Waals surface area contributed by atoms with Crippen molar-refractivity contribution in [2.75, 3.05) is 18.5 Å². The highest BCUT2D eigenvalue weighted by molar-refractivity contribution is 6.01. The molecule has 0 bridgehead atoms. The average molecular weight is 293 g/mol. The highest BCUT2D eigenvalue weighted by Crippen LogP contribution is 2.35. The van der Waals surface area contributed by atoms with Crippen molar-refractivity contribution < 1.29 is 24.2 Å². The van der Waals surface area contributed by atoms with Gasteiger partial charge in [0.2, 0.25) is 5.91 Å². The van der Waals surface area contributed by atoms with E-state index < -0.39 is 5.97 Å². The van der Waals surface area contributed by atoms with Crippen molar-refractivity contribution in [3.8, 4) is 11.5 Å². The van der Waals surface area contributed by atoms with E-state index in [1.165, 1.54) is 12.1 Å². The zero-order valence-electron chi connectivity index (χ0n) is 12.0. The number of hydrogen-bond donors (Lipinski definition) is 2. The van der Waals surface area contributed by atoms with Gasteiger partial charge in [0, 0.05) is 18.6 Å². The van der Waals surface area contributed by atoms with E-state index in [4.69, 9.17) is 9.47 Å². The second-order valence-corrected chi connectivity index (χ2v) is 4.85. The van der Waals surface area contributed by atoms with E-state index in [9.17, 15) is 14.7 Å². The van der Waals surface area contributed by atoms with E-state index in [-0.39, 0.29) is 17.2 Å². The molecule has 0 saturated carbocycles. The number of fused-ring (bicyclic) bond motifs is 1. The molecule has 2 rings (SSSR count). The molecular formula is C15H19NO5. The quantitative estimate of drug-likeness (QED) is 0.788. The molecule has 0 saturated heterocycles. The third-order valence-electron chi connectivity index (χ3n) is 3.19. The lowest BCUT2D eigenvalue weighted by Crippen LogP contribution is -2.18. The van der Waals surface area contributed by atoms with Crippen LogP contribution in [0.4, 0.5) is 5.69 Å². The number of carbonyl (C=O) groups excluding carboxylic acids is 1. The topological polar surface area (TPSA) is 84.9 Å². The fraction of sp³-hybridized carbons (Fsp3) is 0.467. The van der Waals surface area contributed by atoms with Gasteiger partial charge in [-0.3, -0.25) is 4.79 Å². The van der Waals surface area contributed by atoms with Crippen LogP contribution >= 0.6 is 0 Å². The van der Waals surface area contributed by atoms with Gasteiger partial charge in [0.15, 0.2) is 11.5 Å². The van der Waals surface area contributed by atoms with E-state index in [1.807, 2.05) is 0 Å². The van der Waals surface area contributed by atoms with Crippen LogP contribution in [0.1, 0.15) is 43.0 Å². The van der Waals surface area contributed by atoms with E-state index in [1.54, 1.807) is 0 Å². The van der Waals surface area contributed by atoms with Crippen LogP contribution in [-0.4, -0.2) is 30.2 Å². The minimum Gasteiger partial charge on any atom is -0.486 e. The summed E-state index contributed by atoms with van der Waals surface area (Å²) in [4.78, 5) is 23.2. The molecular weight excluding hydrogens is 274 g/mol. The van der Waals surface area contributed by atoms with Gasteiger partial charge in [-0.2, -0.15) is 0 Å². The number of amides is 1. The van der Waals surface area contributed by atoms with Crippen molar-refractivity contribution in [1.82, 2.24) is 0 Å². The standard InChI is InChI=1S/C15H19NO5/c1-2-3-4-5-14(17)16-11-9-13-12(20-6-7-21-13)8-10(11)15(18)19/h8-9H,2-7H2,1H3,(H,16,17)(H,18,19). The van der Waals surface area contributed by atoms with Crippen LogP contribution in [0, 0.1) is 0 Å². The molecule has 114 valence electrons. The van der Waals surface area contributed by atoms with Crippen LogP contribution in [-0.2, 0) is 4.79 Å². The Morgan fingerprint density at radius 3 is 2.48 bits per heavy atom. The van der Waals surface area contributed by atoms with Gasteiger partial charge in [-0.05, 0) is 6.42 Å². The number of benzene rings is 1. The third-order valence-corrected chi connectivity index (χ3v) is 3.19. The Kier molecular flexibility index (Phi) is 5.03. The van der Waals surface area contributed by atoms with Gasteiger partial charge in [0.25, 0.3) is 0 Å². The molecule has 6 nitrogen and oxygen atoms in total. The summed E-state index contributed by atoms with van der Waals surface area (Å²) in [5.74, 6) is -0.462. The van der Waals surface area contributed by atoms with Crippen LogP contribution in [0.2, 0.25) is 0 Å². The first-order valence-electron chi connectivity index (χ1n) is 7.08. The summed E-state index contributed by atoms with van der Waals surface area (Å²) in [7, 11) is 0. The fourth-order valence-corrected chi connectivity index (χ4v) is 2.12. The Bertz CT molecular complexity index is 541. The zero-order valence-corrected chi connectivity index (χ0v) is 12.0. The summed E-state index contributed by atoms with van der Waals surface area (Å²) in [5.41, 5.74) is 0.247. The van der Waals surface area contributed by atoms with Gasteiger partial charge in [-0.1, -0.05) is 19.8 Å². The van der Waals surface area contributed by atoms with Crippen LogP contribution in [0.3, 0.4) is 0 Å². The van der Waals surface area contributed by atoms with Gasteiger partial charge in [0.05, 0.1) is 11.3 Å². The molecule has 1 heterocycles. The highest BCUT2D eigenvalue weighted by atomic mass is 16.6. The smallest absolute Gasteiger partial charge is 0.337 e. The van der Waals surface area contributed by atoms with Gasteiger partial charge in [-0.15, -0.1) is 0 Å². The van der Waals surface area contributed by atoms with E-state index >= 15 is 0 Å². The SMILES string of the molecule is CCCCCC(=O)Nc1cc2c(cc1C(=O)O)OCCO2. The molecule has 0 unspecified atom stereocenters. The Balaban J connectivity index is 2.17. The number of carboxylic acids is 1. The second kappa shape index (κ2) is 6.97. The van der Waals surface area contributed by atoms with Gasteiger partial charge in [-0.25, -0.2) is 4.79 Å². The molecule has 0 atom stereocenters. The molecule has 0 radical (unpaired) electrons. The first kappa shape index (κ1) is 15.2. The molecule has 1 aromatic carbocycles. The molecule has 0 aliphatic carbocycles. The molecule has 0 fully saturated rings. The highest BCUT2D eigenvalue weighted by Gasteiger charge is 2.20. The van der Waals surface area contributed by atoms with E-state index in [2.05, 4.69) is 12.2 Å². The molecule has 6 heteroatoms. The van der Waals surface area contributed by atoms with Crippen molar-refractivity contribution >= 4 is 17.6 Å². The van der Waals surface area contributed by atoms with Gasteiger partial charge < -0.3 is 19.9 Å². The molecule has 1 aromatic rings. The first-order chi connectivity index (χ1) is 10.1. The average Bonchev–Trinajstić information content (AvgIpc) is 2.46. The number of aromatic carboxylic acids is 1. The number of nitrogens with one attached hydrogen (secondary N) is 1. The Hall–Kier alpha value is -2.24. The maximum Gasteiger partial charge on any atom is 0.337 e. The van der Waals surface area contributed by atoms with Crippen molar-refractivity contribution in [3.63, 3.8) is 0 Å². The van der Waals surface area contributed by atoms with Gasteiger partial charge >= 0.3 is 5.97 Å². The molecule has 1 aliphatic rings. The van der Waals surface area contributed by atoms with Crippen LogP contribution < -0.4 is 14.8 Å². The fourth-order valence-electron chi connectivity index (χ4n) is 2.12. The monoisotopic (exact) mass is 293 g/mol. The number of carbonyl (C=O) groups is 2. The van der Waals surface area contributed by atoms with Crippen LogP contribution in [0.5, 0.6) is 11.5 Å². The van der Waals surface area contributed by atoms with Crippen molar-refractivity contribution in [2.45, 2.75) is 32.6 Å². The third kappa shape index (κ3) is 3.87. The minimum absolute atomic E-state index is 0.00286. The number of carboxylic acid groups (broad SMARTS) is 1. The Morgan fingerprint density at radius 2 is 1.86 bits per heavy atom. The summed E-state index contributed by atoms with van der Waals surface area (Å²) in [5, 5.41) is 11.9. The normalized spacial score (nSPS) is 12.8. The van der Waals surface area contributed by atoms with Crippen molar-refractivity contribution in [1.29, 1.82) is 0 Å². The maximum atomic E-state index is 11.9. The van der Waals surface area contributed by atoms with Crippen molar-refractivity contribution in [2.24, 2.45) is 0 Å². The maximum absolute atomic E-state index is 11.9. The molecule has 1 aliphatic heterocycles. The summed E-state index contributed by atoms with van der Waals surface area (Å²) in [6.07, 6.45) is 3.16. The molecule has 21 heavy (non-hydrogen) atoms. The van der Waals surface area contributed by atoms with Crippen LogP contribution in [0.15, 0.2) is 12.1 Å². The predicted octanol–water partition coefficient (Wildman–Crippen LogP) is 2.67. The lowest BCUT2D eigenvalue weighted by atomic mass is 10.1. The summed E-state index contributed by atoms with van der Waals surface area (Å²) in [6.45, 7) is 2.85. The summed E-state index contributed by atoms with van der Waals surface area (Å²) < 4.78 is 10.8. The molecule has 2 N–H and O–H groups in total. The van der Waals surface area contributed by atoms with E-state index in [0.717, 1.165) is 19.3 Å². The minimum atomic E-state index is -1.11. The molecule has 0 spiro atoms. The number of anilines is 1. The van der Waals surface area contributed by atoms with Crippen LogP contribution in [0.25, 0.3) is 0 Å². The number of ether oxygens (including phenoxy) is 2. The van der Waals surface area contributed by atoms with E-state index in [0.29, 0.717) is 31.1 Å². The lowest BCUT2D eigenvalue weighted by Gasteiger charge is -2.20. The Labute approximate surface area is 123 Å². The second-order valence-electron chi connectivity index (χ2n) is 4.85. The summed E-state index contributed by atoms with van der Waals surface area (Å²) >= 11 is 0. The van der Waals surface area contributed by atoms with Gasteiger partial charge in [0.1, 0.15) is 13.2 Å². The number of rotatable bonds is 6. The first-order valence-corrected chi connectivity index (χ1v) is 7.08.